The molecule has 0 aromatic rings. The molecular weight excluding hydrogens is 454 g/mol. The summed E-state index contributed by atoms with van der Waals surface area (Å²) in [5, 5.41) is 19.1. The molecule has 0 radical (unpaired) electrons. The molecule has 0 saturated carbocycles. The molecule has 2 amide bonds. The minimum atomic E-state index is -5.63. The summed E-state index contributed by atoms with van der Waals surface area (Å²) in [6, 6.07) is -1.64. The maximum Gasteiger partial charge on any atom is 0.414 e. The third kappa shape index (κ3) is 9.06. The molecule has 0 bridgehead atoms. The normalized spacial score (nSPS) is 13.9. The van der Waals surface area contributed by atoms with Gasteiger partial charge in [0.1, 0.15) is 5.60 Å². The molecule has 0 aromatic carbocycles. The number of hydrogen-bond donors (Lipinski definition) is 8. The second-order valence-electron chi connectivity index (χ2n) is 6.98. The van der Waals surface area contributed by atoms with Crippen molar-refractivity contribution in [2.75, 3.05) is 13.2 Å². The number of nitrogens with one attached hydrogen (secondary N) is 2. The first-order chi connectivity index (χ1) is 13.3. The maximum absolute atomic E-state index is 11.8. The van der Waals surface area contributed by atoms with Gasteiger partial charge in [-0.15, -0.1) is 0 Å². The van der Waals surface area contributed by atoms with Gasteiger partial charge in [-0.2, -0.15) is 0 Å². The summed E-state index contributed by atoms with van der Waals surface area (Å²) in [6.07, 6.45) is -4.06. The SMILES string of the molecule is CC(C)(C)OC(=O)N[C@@H](CO)C(=O)OC(=O)NCCCC(O)(P(=O)(O)O)P(=O)(O)O. The Morgan fingerprint density at radius 2 is 1.50 bits per heavy atom. The topological polar surface area (TPSA) is 249 Å². The number of rotatable bonds is 9. The lowest BCUT2D eigenvalue weighted by Crippen LogP contribution is -2.47. The lowest BCUT2D eigenvalue weighted by Gasteiger charge is -2.29. The Labute approximate surface area is 171 Å². The number of carbonyl (C=O) groups excluding carboxylic acids is 3. The first-order valence-electron chi connectivity index (χ1n) is 8.27. The first kappa shape index (κ1) is 28.4. The number of ether oxygens (including phenoxy) is 2. The van der Waals surface area contributed by atoms with Crippen LogP contribution in [0.4, 0.5) is 9.59 Å². The number of hydrogen-bond acceptors (Lipinski definition) is 9. The lowest BCUT2D eigenvalue weighted by molar-refractivity contribution is -0.140. The fourth-order valence-electron chi connectivity index (χ4n) is 1.80. The molecule has 1 atom stereocenters. The van der Waals surface area contributed by atoms with E-state index >= 15 is 0 Å². The van der Waals surface area contributed by atoms with Gasteiger partial charge in [-0.1, -0.05) is 0 Å². The van der Waals surface area contributed by atoms with Crippen LogP contribution < -0.4 is 10.6 Å². The summed E-state index contributed by atoms with van der Waals surface area (Å²) in [7, 11) is -11.3. The summed E-state index contributed by atoms with van der Waals surface area (Å²) in [5.74, 6) is -1.36. The Balaban J connectivity index is 4.66. The van der Waals surface area contributed by atoms with Gasteiger partial charge in [0, 0.05) is 13.0 Å². The quantitative estimate of drug-likeness (QED) is 0.0846. The third-order valence-corrected chi connectivity index (χ3v) is 7.12. The van der Waals surface area contributed by atoms with Gasteiger partial charge in [-0.05, 0) is 27.2 Å². The molecule has 0 aliphatic heterocycles. The highest BCUT2D eigenvalue weighted by atomic mass is 31.2. The second kappa shape index (κ2) is 10.6. The van der Waals surface area contributed by atoms with E-state index in [0.717, 1.165) is 0 Å². The maximum atomic E-state index is 11.8. The molecular formula is C13H26N2O13P2. The largest absolute Gasteiger partial charge is 0.444 e. The van der Waals surface area contributed by atoms with Crippen LogP contribution in [0.2, 0.25) is 0 Å². The van der Waals surface area contributed by atoms with Gasteiger partial charge >= 0.3 is 33.3 Å². The first-order valence-corrected chi connectivity index (χ1v) is 11.5. The number of aliphatic hydroxyl groups is 2. The van der Waals surface area contributed by atoms with Gasteiger partial charge in [0.25, 0.3) is 5.08 Å². The minimum Gasteiger partial charge on any atom is -0.444 e. The van der Waals surface area contributed by atoms with Crippen molar-refractivity contribution in [2.24, 2.45) is 0 Å². The van der Waals surface area contributed by atoms with Gasteiger partial charge in [0.2, 0.25) is 0 Å². The van der Waals surface area contributed by atoms with Crippen LogP contribution >= 0.6 is 15.2 Å². The highest BCUT2D eigenvalue weighted by Crippen LogP contribution is 2.69. The van der Waals surface area contributed by atoms with E-state index in [1.807, 2.05) is 10.6 Å². The molecule has 15 nitrogen and oxygen atoms in total. The molecule has 17 heteroatoms. The molecule has 30 heavy (non-hydrogen) atoms. The van der Waals surface area contributed by atoms with Gasteiger partial charge < -0.3 is 49.9 Å². The van der Waals surface area contributed by atoms with E-state index < -0.39 is 76.1 Å². The summed E-state index contributed by atoms with van der Waals surface area (Å²) < 4.78 is 31.5. The zero-order chi connectivity index (χ0) is 24.0. The van der Waals surface area contributed by atoms with Gasteiger partial charge in [-0.3, -0.25) is 9.13 Å². The third-order valence-electron chi connectivity index (χ3n) is 3.24. The van der Waals surface area contributed by atoms with Gasteiger partial charge in [0.15, 0.2) is 6.04 Å². The summed E-state index contributed by atoms with van der Waals surface area (Å²) in [5.41, 5.74) is -0.895. The predicted molar refractivity (Wildman–Crippen MR) is 98.0 cm³/mol. The molecule has 0 aliphatic carbocycles. The van der Waals surface area contributed by atoms with Crippen LogP contribution in [0.3, 0.4) is 0 Å². The van der Waals surface area contributed by atoms with E-state index in [2.05, 4.69) is 4.74 Å². The van der Waals surface area contributed by atoms with Crippen LogP contribution in [-0.2, 0) is 23.4 Å². The van der Waals surface area contributed by atoms with Crippen LogP contribution in [0.5, 0.6) is 0 Å². The highest BCUT2D eigenvalue weighted by molar-refractivity contribution is 7.72. The van der Waals surface area contributed by atoms with Crippen LogP contribution in [0.1, 0.15) is 33.6 Å². The smallest absolute Gasteiger partial charge is 0.414 e. The van der Waals surface area contributed by atoms with E-state index in [9.17, 15) is 28.6 Å². The average Bonchev–Trinajstić information content (AvgIpc) is 2.52. The molecule has 0 saturated heterocycles. The molecule has 0 heterocycles. The molecule has 0 spiro atoms. The van der Waals surface area contributed by atoms with E-state index in [4.69, 9.17) is 29.4 Å². The van der Waals surface area contributed by atoms with Gasteiger partial charge in [-0.25, -0.2) is 14.4 Å². The van der Waals surface area contributed by atoms with Crippen molar-refractivity contribution in [2.45, 2.75) is 50.3 Å². The average molecular weight is 480 g/mol. The molecule has 8 N–H and O–H groups in total. The number of aliphatic hydroxyl groups excluding tert-OH is 1. The van der Waals surface area contributed by atoms with Crippen molar-refractivity contribution < 1.29 is 62.8 Å². The van der Waals surface area contributed by atoms with Crippen molar-refractivity contribution in [3.63, 3.8) is 0 Å². The van der Waals surface area contributed by atoms with Crippen LogP contribution in [-0.4, -0.2) is 77.8 Å². The Kier molecular flexibility index (Phi) is 10.1. The summed E-state index contributed by atoms with van der Waals surface area (Å²) in [4.78, 5) is 70.8. The van der Waals surface area contributed by atoms with Crippen LogP contribution in [0.25, 0.3) is 0 Å². The van der Waals surface area contributed by atoms with E-state index in [1.165, 1.54) is 0 Å². The molecule has 0 fully saturated rings. The summed E-state index contributed by atoms with van der Waals surface area (Å²) in [6.45, 7) is 3.21. The number of carbonyl (C=O) groups is 3. The predicted octanol–water partition coefficient (Wildman–Crippen LogP) is -1.09. The monoisotopic (exact) mass is 480 g/mol. The number of esters is 1. The highest BCUT2D eigenvalue weighted by Gasteiger charge is 2.58. The molecule has 0 unspecified atom stereocenters. The lowest BCUT2D eigenvalue weighted by atomic mass is 10.2. The zero-order valence-electron chi connectivity index (χ0n) is 16.3. The second-order valence-corrected chi connectivity index (χ2v) is 11.0. The van der Waals surface area contributed by atoms with Crippen molar-refractivity contribution in [1.82, 2.24) is 10.6 Å². The Hall–Kier alpha value is -1.57. The van der Waals surface area contributed by atoms with Crippen molar-refractivity contribution >= 4 is 33.3 Å². The summed E-state index contributed by atoms with van der Waals surface area (Å²) >= 11 is 0. The minimum absolute atomic E-state index is 0.502. The Morgan fingerprint density at radius 1 is 1.00 bits per heavy atom. The van der Waals surface area contributed by atoms with E-state index in [-0.39, 0.29) is 0 Å². The molecule has 0 aromatic heterocycles. The number of alkyl carbamates (subject to hydrolysis) is 2. The molecule has 176 valence electrons. The fraction of sp³-hybridized carbons (Fsp3) is 0.769. The van der Waals surface area contributed by atoms with Crippen molar-refractivity contribution in [1.29, 1.82) is 0 Å². The molecule has 0 rings (SSSR count). The van der Waals surface area contributed by atoms with Crippen molar-refractivity contribution in [3.8, 4) is 0 Å². The Bertz CT molecular complexity index is 701. The molecule has 0 aliphatic rings. The van der Waals surface area contributed by atoms with E-state index in [1.54, 1.807) is 20.8 Å². The van der Waals surface area contributed by atoms with Crippen LogP contribution in [0, 0.1) is 0 Å². The fourth-order valence-corrected chi connectivity index (χ4v) is 4.06. The zero-order valence-corrected chi connectivity index (χ0v) is 18.1. The van der Waals surface area contributed by atoms with Gasteiger partial charge in [0.05, 0.1) is 6.61 Å². The van der Waals surface area contributed by atoms with Crippen LogP contribution in [0.15, 0.2) is 0 Å². The van der Waals surface area contributed by atoms with Crippen molar-refractivity contribution in [3.05, 3.63) is 0 Å². The Morgan fingerprint density at radius 3 is 1.90 bits per heavy atom. The number of amides is 2. The standard InChI is InChI=1S/C13H26N2O13P2/c1-12(2,3)28-11(19)15-8(7-16)9(17)27-10(18)14-6-4-5-13(20,29(21,22)23)30(24,25)26/h8,16,20H,4-7H2,1-3H3,(H,14,18)(H,15,19)(H2,21,22,23)(H2,24,25,26)/t8-/m0/s1. The van der Waals surface area contributed by atoms with E-state index in [0.29, 0.717) is 0 Å².